The number of amides is 1. The summed E-state index contributed by atoms with van der Waals surface area (Å²) in [5, 5.41) is 30.9. The molecule has 0 aromatic carbocycles. The van der Waals surface area contributed by atoms with E-state index in [1.807, 2.05) is 0 Å². The largest absolute Gasteiger partial charge is 0.394 e. The highest BCUT2D eigenvalue weighted by molar-refractivity contribution is 5.73. The van der Waals surface area contributed by atoms with Gasteiger partial charge < -0.3 is 30.1 Å². The number of ether oxygens (including phenoxy) is 2. The van der Waals surface area contributed by atoms with Crippen LogP contribution in [0.15, 0.2) is 0 Å². The fraction of sp³-hybridized carbons (Fsp3) is 0.889. The molecule has 7 heteroatoms. The summed E-state index contributed by atoms with van der Waals surface area (Å²) in [5.41, 5.74) is 0. The second kappa shape index (κ2) is 5.55. The third-order valence-corrected chi connectivity index (χ3v) is 2.49. The van der Waals surface area contributed by atoms with Gasteiger partial charge in [0, 0.05) is 14.0 Å². The molecule has 1 aliphatic heterocycles. The van der Waals surface area contributed by atoms with Crippen LogP contribution in [0, 0.1) is 0 Å². The molecule has 7 nitrogen and oxygen atoms in total. The molecule has 0 spiro atoms. The highest BCUT2D eigenvalue weighted by Crippen LogP contribution is 2.21. The molecule has 1 amide bonds. The zero-order valence-electron chi connectivity index (χ0n) is 9.16. The lowest BCUT2D eigenvalue weighted by atomic mass is 9.96. The van der Waals surface area contributed by atoms with Crippen LogP contribution in [0.5, 0.6) is 0 Å². The Labute approximate surface area is 93.0 Å². The summed E-state index contributed by atoms with van der Waals surface area (Å²) in [5.74, 6) is -0.392. The maximum Gasteiger partial charge on any atom is 0.217 e. The molecule has 0 aromatic heterocycles. The van der Waals surface area contributed by atoms with Crippen LogP contribution in [-0.4, -0.2) is 65.6 Å². The Morgan fingerprint density at radius 1 is 1.44 bits per heavy atom. The third-order valence-electron chi connectivity index (χ3n) is 2.49. The lowest BCUT2D eigenvalue weighted by Crippen LogP contribution is -2.64. The minimum atomic E-state index is -1.19. The Morgan fingerprint density at radius 2 is 2.06 bits per heavy atom. The molecule has 0 aromatic rings. The molecule has 0 saturated carbocycles. The number of nitrogens with one attached hydrogen (secondary N) is 1. The van der Waals surface area contributed by atoms with Crippen molar-refractivity contribution in [1.82, 2.24) is 5.32 Å². The molecule has 1 aliphatic rings. The minimum Gasteiger partial charge on any atom is -0.394 e. The molecular weight excluding hydrogens is 218 g/mol. The standard InChI is InChI=1S/C9H17NO6/c1-4(12)10-6-7(13)5(3-11)16-9(15-2)8(6)14/h5-9,11,13-14H,3H2,1-2H3,(H,10,12)/t5-,6+,7-,8-,9-/m1/s1. The van der Waals surface area contributed by atoms with Crippen molar-refractivity contribution in [3.63, 3.8) is 0 Å². The van der Waals surface area contributed by atoms with Gasteiger partial charge >= 0.3 is 0 Å². The van der Waals surface area contributed by atoms with Crippen molar-refractivity contribution < 1.29 is 29.6 Å². The second-order valence-electron chi connectivity index (χ2n) is 3.67. The average molecular weight is 235 g/mol. The summed E-state index contributed by atoms with van der Waals surface area (Å²) in [6, 6.07) is -0.923. The molecule has 0 radical (unpaired) electrons. The molecule has 1 fully saturated rings. The Bertz CT molecular complexity index is 232. The van der Waals surface area contributed by atoms with Crippen molar-refractivity contribution in [2.75, 3.05) is 13.7 Å². The normalized spacial score (nSPS) is 39.4. The molecule has 4 N–H and O–H groups in total. The van der Waals surface area contributed by atoms with Gasteiger partial charge in [0.1, 0.15) is 18.3 Å². The van der Waals surface area contributed by atoms with E-state index in [1.54, 1.807) is 0 Å². The molecule has 94 valence electrons. The van der Waals surface area contributed by atoms with Gasteiger partial charge in [0.25, 0.3) is 0 Å². The molecular formula is C9H17NO6. The summed E-state index contributed by atoms with van der Waals surface area (Å²) in [6.45, 7) is 0.842. The van der Waals surface area contributed by atoms with E-state index in [0.717, 1.165) is 0 Å². The van der Waals surface area contributed by atoms with E-state index in [9.17, 15) is 15.0 Å². The number of carbonyl (C=O) groups is 1. The van der Waals surface area contributed by atoms with Crippen molar-refractivity contribution in [2.45, 2.75) is 37.6 Å². The number of aliphatic hydroxyl groups is 3. The van der Waals surface area contributed by atoms with Crippen molar-refractivity contribution in [3.8, 4) is 0 Å². The first-order chi connectivity index (χ1) is 7.51. The maximum atomic E-state index is 10.9. The molecule has 0 aliphatic carbocycles. The Balaban J connectivity index is 2.79. The number of aliphatic hydroxyl groups excluding tert-OH is 3. The van der Waals surface area contributed by atoms with E-state index in [0.29, 0.717) is 0 Å². The van der Waals surface area contributed by atoms with E-state index in [-0.39, 0.29) is 0 Å². The lowest BCUT2D eigenvalue weighted by Gasteiger charge is -2.41. The lowest BCUT2D eigenvalue weighted by molar-refractivity contribution is -0.271. The van der Waals surface area contributed by atoms with E-state index in [2.05, 4.69) is 5.32 Å². The fourth-order valence-electron chi connectivity index (χ4n) is 1.69. The van der Waals surface area contributed by atoms with Crippen LogP contribution in [-0.2, 0) is 14.3 Å². The van der Waals surface area contributed by atoms with Crippen LogP contribution in [0.4, 0.5) is 0 Å². The monoisotopic (exact) mass is 235 g/mol. The quantitative estimate of drug-likeness (QED) is 0.433. The van der Waals surface area contributed by atoms with Crippen LogP contribution in [0.2, 0.25) is 0 Å². The molecule has 1 heterocycles. The van der Waals surface area contributed by atoms with Crippen molar-refractivity contribution in [2.24, 2.45) is 0 Å². The van der Waals surface area contributed by atoms with Gasteiger partial charge in [-0.05, 0) is 0 Å². The molecule has 16 heavy (non-hydrogen) atoms. The number of methoxy groups -OCH3 is 1. The third kappa shape index (κ3) is 2.69. The zero-order chi connectivity index (χ0) is 12.3. The molecule has 5 atom stereocenters. The highest BCUT2D eigenvalue weighted by Gasteiger charge is 2.44. The molecule has 0 unspecified atom stereocenters. The summed E-state index contributed by atoms with van der Waals surface area (Å²) >= 11 is 0. The first-order valence-corrected chi connectivity index (χ1v) is 4.93. The summed E-state index contributed by atoms with van der Waals surface area (Å²) in [4.78, 5) is 10.9. The Morgan fingerprint density at radius 3 is 2.50 bits per heavy atom. The van der Waals surface area contributed by atoms with Crippen LogP contribution < -0.4 is 5.32 Å². The minimum absolute atomic E-state index is 0.392. The number of carbonyl (C=O) groups excluding carboxylic acids is 1. The number of rotatable bonds is 3. The van der Waals surface area contributed by atoms with Crippen LogP contribution >= 0.6 is 0 Å². The summed E-state index contributed by atoms with van der Waals surface area (Å²) in [6.07, 6.45) is -4.26. The SMILES string of the molecule is CO[C@@H]1O[C@H](CO)[C@@H](O)[C@H](NC(C)=O)[C@H]1O. The van der Waals surface area contributed by atoms with E-state index in [1.165, 1.54) is 14.0 Å². The van der Waals surface area contributed by atoms with E-state index < -0.39 is 43.2 Å². The van der Waals surface area contributed by atoms with Gasteiger partial charge in [-0.2, -0.15) is 0 Å². The van der Waals surface area contributed by atoms with Gasteiger partial charge in [-0.15, -0.1) is 0 Å². The van der Waals surface area contributed by atoms with Crippen LogP contribution in [0.1, 0.15) is 6.92 Å². The van der Waals surface area contributed by atoms with Gasteiger partial charge in [0.15, 0.2) is 6.29 Å². The first kappa shape index (κ1) is 13.3. The predicted molar refractivity (Wildman–Crippen MR) is 52.4 cm³/mol. The van der Waals surface area contributed by atoms with Gasteiger partial charge in [-0.1, -0.05) is 0 Å². The Kier molecular flexibility index (Phi) is 4.63. The Hall–Kier alpha value is -0.730. The summed E-state index contributed by atoms with van der Waals surface area (Å²) < 4.78 is 9.95. The molecule has 0 bridgehead atoms. The fourth-order valence-corrected chi connectivity index (χ4v) is 1.69. The first-order valence-electron chi connectivity index (χ1n) is 4.93. The smallest absolute Gasteiger partial charge is 0.217 e. The average Bonchev–Trinajstić information content (AvgIpc) is 2.24. The van der Waals surface area contributed by atoms with Crippen LogP contribution in [0.3, 0.4) is 0 Å². The van der Waals surface area contributed by atoms with Gasteiger partial charge in [-0.25, -0.2) is 0 Å². The van der Waals surface area contributed by atoms with E-state index >= 15 is 0 Å². The van der Waals surface area contributed by atoms with Crippen molar-refractivity contribution in [1.29, 1.82) is 0 Å². The number of hydrogen-bond donors (Lipinski definition) is 4. The summed E-state index contributed by atoms with van der Waals surface area (Å²) in [7, 11) is 1.32. The maximum absolute atomic E-state index is 10.9. The van der Waals surface area contributed by atoms with Gasteiger partial charge in [-0.3, -0.25) is 4.79 Å². The topological polar surface area (TPSA) is 108 Å². The van der Waals surface area contributed by atoms with Crippen molar-refractivity contribution in [3.05, 3.63) is 0 Å². The van der Waals surface area contributed by atoms with Gasteiger partial charge in [0.05, 0.1) is 12.6 Å². The second-order valence-corrected chi connectivity index (χ2v) is 3.67. The highest BCUT2D eigenvalue weighted by atomic mass is 16.7. The molecule has 1 rings (SSSR count). The zero-order valence-corrected chi connectivity index (χ0v) is 9.16. The van der Waals surface area contributed by atoms with E-state index in [4.69, 9.17) is 14.6 Å². The van der Waals surface area contributed by atoms with Crippen molar-refractivity contribution >= 4 is 5.91 Å². The molecule has 1 saturated heterocycles. The predicted octanol–water partition coefficient (Wildman–Crippen LogP) is -2.42. The number of hydrogen-bond acceptors (Lipinski definition) is 6. The van der Waals surface area contributed by atoms with Crippen LogP contribution in [0.25, 0.3) is 0 Å². The van der Waals surface area contributed by atoms with Gasteiger partial charge in [0.2, 0.25) is 5.91 Å².